The first-order valence-electron chi connectivity index (χ1n) is 10.7. The van der Waals surface area contributed by atoms with Gasteiger partial charge in [0.15, 0.2) is 5.79 Å². The highest BCUT2D eigenvalue weighted by Gasteiger charge is 2.57. The highest BCUT2D eigenvalue weighted by atomic mass is 16.7. The standard InChI is InChI=1S/C20H38B2O6/c1-16(2)17(3,4)26-21(25-16)14-15(10-11-20(9)23-12-13-24-20)22-27-18(5,6)19(7,8)28-22/h15H,10-14H2,1-9H3. The molecule has 0 aromatic heterocycles. The summed E-state index contributed by atoms with van der Waals surface area (Å²) in [6.07, 6.45) is 2.33. The monoisotopic (exact) mass is 396 g/mol. The summed E-state index contributed by atoms with van der Waals surface area (Å²) < 4.78 is 36.9. The fraction of sp³-hybridized carbons (Fsp3) is 1.00. The molecule has 8 heteroatoms. The van der Waals surface area contributed by atoms with Gasteiger partial charge in [-0.25, -0.2) is 0 Å². The van der Waals surface area contributed by atoms with E-state index < -0.39 is 5.79 Å². The van der Waals surface area contributed by atoms with E-state index in [9.17, 15) is 0 Å². The first kappa shape index (κ1) is 22.6. The highest BCUT2D eigenvalue weighted by molar-refractivity contribution is 6.53. The van der Waals surface area contributed by atoms with Crippen molar-refractivity contribution in [1.29, 1.82) is 0 Å². The molecule has 28 heavy (non-hydrogen) atoms. The summed E-state index contributed by atoms with van der Waals surface area (Å²) in [5.74, 6) is -0.418. The molecule has 1 unspecified atom stereocenters. The van der Waals surface area contributed by atoms with E-state index in [4.69, 9.17) is 28.1 Å². The molecule has 0 radical (unpaired) electrons. The zero-order valence-electron chi connectivity index (χ0n) is 19.2. The van der Waals surface area contributed by atoms with Crippen molar-refractivity contribution in [3.05, 3.63) is 0 Å². The Morgan fingerprint density at radius 1 is 0.679 bits per heavy atom. The molecule has 3 rings (SSSR count). The van der Waals surface area contributed by atoms with E-state index >= 15 is 0 Å². The fourth-order valence-electron chi connectivity index (χ4n) is 3.90. The van der Waals surface area contributed by atoms with E-state index in [1.807, 2.05) is 6.92 Å². The first-order valence-corrected chi connectivity index (χ1v) is 10.7. The average molecular weight is 396 g/mol. The van der Waals surface area contributed by atoms with Crippen molar-refractivity contribution in [3.8, 4) is 0 Å². The molecular formula is C20H38B2O6. The summed E-state index contributed by atoms with van der Waals surface area (Å²) in [4.78, 5) is 0. The summed E-state index contributed by atoms with van der Waals surface area (Å²) in [7, 11) is -0.596. The third-order valence-corrected chi connectivity index (χ3v) is 7.32. The topological polar surface area (TPSA) is 55.4 Å². The lowest BCUT2D eigenvalue weighted by Gasteiger charge is -2.32. The van der Waals surface area contributed by atoms with Crippen LogP contribution in [0, 0.1) is 0 Å². The zero-order valence-corrected chi connectivity index (χ0v) is 19.2. The molecule has 0 aromatic rings. The van der Waals surface area contributed by atoms with Crippen molar-refractivity contribution < 1.29 is 28.1 Å². The fourth-order valence-corrected chi connectivity index (χ4v) is 3.90. The molecule has 6 nitrogen and oxygen atoms in total. The molecule has 0 N–H and O–H groups in total. The second-order valence-corrected chi connectivity index (χ2v) is 10.7. The van der Waals surface area contributed by atoms with Gasteiger partial charge < -0.3 is 28.1 Å². The number of hydrogen-bond acceptors (Lipinski definition) is 6. The lowest BCUT2D eigenvalue weighted by atomic mass is 9.59. The van der Waals surface area contributed by atoms with Gasteiger partial charge in [0, 0.05) is 6.42 Å². The van der Waals surface area contributed by atoms with Crippen LogP contribution in [0.4, 0.5) is 0 Å². The Labute approximate surface area is 171 Å². The van der Waals surface area contributed by atoms with Crippen LogP contribution in [0.25, 0.3) is 0 Å². The normalized spacial score (nSPS) is 30.8. The Bertz CT molecular complexity index is 539. The largest absolute Gasteiger partial charge is 0.460 e. The predicted molar refractivity (Wildman–Crippen MR) is 110 cm³/mol. The summed E-state index contributed by atoms with van der Waals surface area (Å²) in [5, 5.41) is 0. The quantitative estimate of drug-likeness (QED) is 0.631. The van der Waals surface area contributed by atoms with Gasteiger partial charge in [0.25, 0.3) is 0 Å². The predicted octanol–water partition coefficient (Wildman–Crippen LogP) is 4.08. The van der Waals surface area contributed by atoms with Crippen LogP contribution in [0.3, 0.4) is 0 Å². The maximum Gasteiger partial charge on any atom is 0.460 e. The zero-order chi connectivity index (χ0) is 21.0. The number of hydrogen-bond donors (Lipinski definition) is 0. The smallest absolute Gasteiger partial charge is 0.403 e. The van der Waals surface area contributed by atoms with Crippen LogP contribution in [0.1, 0.15) is 75.2 Å². The van der Waals surface area contributed by atoms with Crippen molar-refractivity contribution in [1.82, 2.24) is 0 Å². The molecule has 3 saturated heterocycles. The number of rotatable bonds is 6. The molecule has 0 aliphatic carbocycles. The van der Waals surface area contributed by atoms with Gasteiger partial charge in [-0.2, -0.15) is 0 Å². The molecule has 160 valence electrons. The van der Waals surface area contributed by atoms with Gasteiger partial charge in [-0.1, -0.05) is 0 Å². The van der Waals surface area contributed by atoms with Gasteiger partial charge in [0.2, 0.25) is 0 Å². The maximum atomic E-state index is 6.37. The molecule has 0 bridgehead atoms. The number of ether oxygens (including phenoxy) is 2. The van der Waals surface area contributed by atoms with Gasteiger partial charge in [-0.05, 0) is 80.9 Å². The average Bonchev–Trinajstić information content (AvgIpc) is 3.10. The second kappa shape index (κ2) is 7.24. The Morgan fingerprint density at radius 2 is 1.11 bits per heavy atom. The molecule has 1 atom stereocenters. The van der Waals surface area contributed by atoms with Crippen molar-refractivity contribution in [3.63, 3.8) is 0 Å². The van der Waals surface area contributed by atoms with Crippen LogP contribution < -0.4 is 0 Å². The Hall–Kier alpha value is -0.110. The van der Waals surface area contributed by atoms with Crippen LogP contribution in [0.15, 0.2) is 0 Å². The maximum absolute atomic E-state index is 6.37. The van der Waals surface area contributed by atoms with E-state index in [0.717, 1.165) is 12.8 Å². The molecule has 3 fully saturated rings. The molecule has 0 amide bonds. The SMILES string of the molecule is CC1(CCC(CB2OC(C)(C)C(C)(C)O2)B2OC(C)(C)C(C)(C)O2)OCCO1. The van der Waals surface area contributed by atoms with Crippen LogP contribution >= 0.6 is 0 Å². The molecule has 3 aliphatic rings. The van der Waals surface area contributed by atoms with Crippen LogP contribution in [0.2, 0.25) is 12.1 Å². The molecule has 0 spiro atoms. The molecule has 3 aliphatic heterocycles. The summed E-state index contributed by atoms with van der Waals surface area (Å²) in [6, 6.07) is 0. The van der Waals surface area contributed by atoms with E-state index in [0.29, 0.717) is 19.5 Å². The second-order valence-electron chi connectivity index (χ2n) is 10.7. The van der Waals surface area contributed by atoms with Gasteiger partial charge in [0.05, 0.1) is 35.6 Å². The van der Waals surface area contributed by atoms with Crippen LogP contribution in [0.5, 0.6) is 0 Å². The lowest BCUT2D eigenvalue weighted by Crippen LogP contribution is -2.41. The Kier molecular flexibility index (Phi) is 5.84. The lowest BCUT2D eigenvalue weighted by molar-refractivity contribution is -0.147. The summed E-state index contributed by atoms with van der Waals surface area (Å²) in [5.41, 5.74) is -1.42. The Balaban J connectivity index is 1.72. The van der Waals surface area contributed by atoms with E-state index in [1.165, 1.54) is 0 Å². The van der Waals surface area contributed by atoms with Crippen molar-refractivity contribution in [2.75, 3.05) is 13.2 Å². The van der Waals surface area contributed by atoms with E-state index in [1.54, 1.807) is 0 Å². The van der Waals surface area contributed by atoms with Gasteiger partial charge >= 0.3 is 14.2 Å². The van der Waals surface area contributed by atoms with Gasteiger partial charge in [-0.15, -0.1) is 0 Å². The van der Waals surface area contributed by atoms with Crippen molar-refractivity contribution >= 4 is 14.2 Å². The minimum absolute atomic E-state index is 0.111. The first-order chi connectivity index (χ1) is 12.7. The van der Waals surface area contributed by atoms with Gasteiger partial charge in [-0.3, -0.25) is 0 Å². The van der Waals surface area contributed by atoms with Crippen LogP contribution in [-0.4, -0.2) is 55.6 Å². The molecule has 0 aromatic carbocycles. The van der Waals surface area contributed by atoms with E-state index in [-0.39, 0.29) is 42.5 Å². The van der Waals surface area contributed by atoms with Gasteiger partial charge in [0.1, 0.15) is 0 Å². The van der Waals surface area contributed by atoms with Crippen LogP contribution in [-0.2, 0) is 28.1 Å². The summed E-state index contributed by atoms with van der Waals surface area (Å²) in [6.45, 7) is 20.0. The highest BCUT2D eigenvalue weighted by Crippen LogP contribution is 2.46. The minimum Gasteiger partial charge on any atom is -0.403 e. The molecular weight excluding hydrogens is 358 g/mol. The Morgan fingerprint density at radius 3 is 1.57 bits per heavy atom. The third kappa shape index (κ3) is 4.33. The van der Waals surface area contributed by atoms with Crippen molar-refractivity contribution in [2.24, 2.45) is 0 Å². The summed E-state index contributed by atoms with van der Waals surface area (Å²) >= 11 is 0. The molecule has 0 saturated carbocycles. The van der Waals surface area contributed by atoms with Crippen molar-refractivity contribution in [2.45, 2.75) is 115 Å². The van der Waals surface area contributed by atoms with E-state index in [2.05, 4.69) is 55.4 Å². The third-order valence-electron chi connectivity index (χ3n) is 7.32. The molecule has 3 heterocycles. The minimum atomic E-state index is -0.530.